The molecular weight excluding hydrogens is 274 g/mol. The molecule has 1 atom stereocenters. The zero-order chi connectivity index (χ0) is 14.1. The van der Waals surface area contributed by atoms with Gasteiger partial charge in [-0.05, 0) is 42.3 Å². The Hall–Kier alpha value is -2.08. The van der Waals surface area contributed by atoms with Crippen LogP contribution in [0.15, 0.2) is 23.7 Å². The minimum absolute atomic E-state index is 0.118. The third-order valence-electron chi connectivity index (χ3n) is 3.50. The Kier molecular flexibility index (Phi) is 3.31. The van der Waals surface area contributed by atoms with Gasteiger partial charge in [0.2, 0.25) is 0 Å². The fourth-order valence-corrected chi connectivity index (χ4v) is 3.55. The fourth-order valence-electron chi connectivity index (χ4n) is 2.56. The van der Waals surface area contributed by atoms with Gasteiger partial charge in [-0.15, -0.1) is 11.3 Å². The standard InChI is InChI=1S/C14H15N3O2S/c15-8-6-10(14(18)19)13(16-7-8)17-11-2-1-3-12-9(11)4-5-20-12/h4-7,11H,1-3,15H2,(H,16,17)(H,18,19). The number of fused-ring (bicyclic) bond motifs is 1. The highest BCUT2D eigenvalue weighted by Crippen LogP contribution is 2.35. The van der Waals surface area contributed by atoms with Crippen molar-refractivity contribution in [3.05, 3.63) is 39.7 Å². The maximum Gasteiger partial charge on any atom is 0.339 e. The molecule has 2 aromatic rings. The lowest BCUT2D eigenvalue weighted by molar-refractivity contribution is 0.0697. The number of rotatable bonds is 3. The van der Waals surface area contributed by atoms with Crippen molar-refractivity contribution in [1.82, 2.24) is 4.98 Å². The van der Waals surface area contributed by atoms with Gasteiger partial charge in [0.1, 0.15) is 11.4 Å². The number of hydrogen-bond donors (Lipinski definition) is 3. The van der Waals surface area contributed by atoms with Crippen LogP contribution in [-0.4, -0.2) is 16.1 Å². The Morgan fingerprint density at radius 1 is 1.55 bits per heavy atom. The highest BCUT2D eigenvalue weighted by Gasteiger charge is 2.23. The lowest BCUT2D eigenvalue weighted by atomic mass is 9.94. The van der Waals surface area contributed by atoms with E-state index in [0.29, 0.717) is 11.5 Å². The number of carboxylic acid groups (broad SMARTS) is 1. The van der Waals surface area contributed by atoms with E-state index in [4.69, 9.17) is 5.73 Å². The number of nitrogens with two attached hydrogens (primary N) is 1. The predicted octanol–water partition coefficient (Wildman–Crippen LogP) is 2.91. The van der Waals surface area contributed by atoms with E-state index >= 15 is 0 Å². The van der Waals surface area contributed by atoms with Crippen LogP contribution in [-0.2, 0) is 6.42 Å². The number of nitrogen functional groups attached to an aromatic ring is 1. The molecule has 0 bridgehead atoms. The van der Waals surface area contributed by atoms with Gasteiger partial charge in [0.05, 0.1) is 17.9 Å². The summed E-state index contributed by atoms with van der Waals surface area (Å²) < 4.78 is 0. The molecule has 0 aliphatic heterocycles. The van der Waals surface area contributed by atoms with Gasteiger partial charge in [0.15, 0.2) is 0 Å². The Morgan fingerprint density at radius 2 is 2.40 bits per heavy atom. The first-order valence-electron chi connectivity index (χ1n) is 6.47. The lowest BCUT2D eigenvalue weighted by Gasteiger charge is -2.24. The maximum absolute atomic E-state index is 11.3. The molecule has 5 nitrogen and oxygen atoms in total. The van der Waals surface area contributed by atoms with Crippen LogP contribution < -0.4 is 11.1 Å². The Labute approximate surface area is 120 Å². The number of carbonyl (C=O) groups is 1. The van der Waals surface area contributed by atoms with E-state index in [2.05, 4.69) is 21.7 Å². The first-order valence-corrected chi connectivity index (χ1v) is 7.34. The molecule has 0 fully saturated rings. The molecule has 2 aromatic heterocycles. The summed E-state index contributed by atoms with van der Waals surface area (Å²) in [6.07, 6.45) is 4.66. The molecule has 6 heteroatoms. The summed E-state index contributed by atoms with van der Waals surface area (Å²) in [7, 11) is 0. The van der Waals surface area contributed by atoms with Gasteiger partial charge in [-0.1, -0.05) is 0 Å². The third kappa shape index (κ3) is 2.34. The molecule has 0 aromatic carbocycles. The second-order valence-corrected chi connectivity index (χ2v) is 5.86. The van der Waals surface area contributed by atoms with Gasteiger partial charge < -0.3 is 16.2 Å². The summed E-state index contributed by atoms with van der Waals surface area (Å²) >= 11 is 1.76. The van der Waals surface area contributed by atoms with Crippen molar-refractivity contribution in [3.63, 3.8) is 0 Å². The predicted molar refractivity (Wildman–Crippen MR) is 79.2 cm³/mol. The molecule has 0 saturated heterocycles. The van der Waals surface area contributed by atoms with Crippen LogP contribution in [0.4, 0.5) is 11.5 Å². The zero-order valence-electron chi connectivity index (χ0n) is 10.8. The second kappa shape index (κ2) is 5.13. The van der Waals surface area contributed by atoms with Gasteiger partial charge in [0, 0.05) is 4.88 Å². The van der Waals surface area contributed by atoms with E-state index in [1.807, 2.05) is 0 Å². The Bertz CT molecular complexity index is 654. The molecule has 4 N–H and O–H groups in total. The minimum Gasteiger partial charge on any atom is -0.478 e. The van der Waals surface area contributed by atoms with Crippen LogP contribution in [0.5, 0.6) is 0 Å². The number of anilines is 2. The third-order valence-corrected chi connectivity index (χ3v) is 4.50. The fraction of sp³-hybridized carbons (Fsp3) is 0.286. The molecule has 3 rings (SSSR count). The van der Waals surface area contributed by atoms with E-state index in [-0.39, 0.29) is 11.6 Å². The van der Waals surface area contributed by atoms with Crippen molar-refractivity contribution in [2.45, 2.75) is 25.3 Å². The molecule has 1 aliphatic carbocycles. The van der Waals surface area contributed by atoms with Gasteiger partial charge >= 0.3 is 5.97 Å². The molecular formula is C14H15N3O2S. The van der Waals surface area contributed by atoms with Crippen LogP contribution in [0.25, 0.3) is 0 Å². The van der Waals surface area contributed by atoms with Crippen LogP contribution in [0.3, 0.4) is 0 Å². The van der Waals surface area contributed by atoms with Crippen LogP contribution in [0.2, 0.25) is 0 Å². The summed E-state index contributed by atoms with van der Waals surface area (Å²) in [4.78, 5) is 16.8. The van der Waals surface area contributed by atoms with E-state index in [9.17, 15) is 9.90 Å². The number of thiophene rings is 1. The molecule has 1 unspecified atom stereocenters. The smallest absolute Gasteiger partial charge is 0.339 e. The van der Waals surface area contributed by atoms with Crippen LogP contribution in [0, 0.1) is 0 Å². The number of nitrogens with one attached hydrogen (secondary N) is 1. The van der Waals surface area contributed by atoms with Crippen molar-refractivity contribution < 1.29 is 9.90 Å². The normalized spacial score (nSPS) is 17.5. The SMILES string of the molecule is Nc1cnc(NC2CCCc3sccc32)c(C(=O)O)c1. The highest BCUT2D eigenvalue weighted by atomic mass is 32.1. The monoisotopic (exact) mass is 289 g/mol. The first-order chi connectivity index (χ1) is 9.65. The van der Waals surface area contributed by atoms with Gasteiger partial charge in [-0.25, -0.2) is 9.78 Å². The minimum atomic E-state index is -1.02. The average molecular weight is 289 g/mol. The molecule has 2 heterocycles. The summed E-state index contributed by atoms with van der Waals surface area (Å²) in [5, 5.41) is 14.6. The molecule has 104 valence electrons. The van der Waals surface area contributed by atoms with Gasteiger partial charge in [-0.3, -0.25) is 0 Å². The van der Waals surface area contributed by atoms with E-state index < -0.39 is 5.97 Å². The largest absolute Gasteiger partial charge is 0.478 e. The van der Waals surface area contributed by atoms with E-state index in [1.165, 1.54) is 22.7 Å². The van der Waals surface area contributed by atoms with E-state index in [1.54, 1.807) is 11.3 Å². The number of carboxylic acids is 1. The van der Waals surface area contributed by atoms with Crippen molar-refractivity contribution in [1.29, 1.82) is 0 Å². The summed E-state index contributed by atoms with van der Waals surface area (Å²) in [5.74, 6) is -0.635. The number of nitrogens with zero attached hydrogens (tertiary/aromatic N) is 1. The van der Waals surface area contributed by atoms with Crippen molar-refractivity contribution >= 4 is 28.8 Å². The van der Waals surface area contributed by atoms with E-state index in [0.717, 1.165) is 19.3 Å². The number of aromatic nitrogens is 1. The molecule has 20 heavy (non-hydrogen) atoms. The molecule has 1 aliphatic rings. The zero-order valence-corrected chi connectivity index (χ0v) is 11.6. The number of pyridine rings is 1. The summed E-state index contributed by atoms with van der Waals surface area (Å²) in [6, 6.07) is 3.67. The number of aromatic carboxylic acids is 1. The Morgan fingerprint density at radius 3 is 3.20 bits per heavy atom. The Balaban J connectivity index is 1.92. The highest BCUT2D eigenvalue weighted by molar-refractivity contribution is 7.10. The first kappa shape index (κ1) is 12.9. The quantitative estimate of drug-likeness (QED) is 0.808. The van der Waals surface area contributed by atoms with Gasteiger partial charge in [-0.2, -0.15) is 0 Å². The second-order valence-electron chi connectivity index (χ2n) is 4.86. The summed E-state index contributed by atoms with van der Waals surface area (Å²) in [6.45, 7) is 0. The van der Waals surface area contributed by atoms with Crippen molar-refractivity contribution in [3.8, 4) is 0 Å². The molecule has 0 saturated carbocycles. The topological polar surface area (TPSA) is 88.2 Å². The van der Waals surface area contributed by atoms with Crippen molar-refractivity contribution in [2.75, 3.05) is 11.1 Å². The van der Waals surface area contributed by atoms with Crippen molar-refractivity contribution in [2.24, 2.45) is 0 Å². The summed E-state index contributed by atoms with van der Waals surface area (Å²) in [5.41, 5.74) is 7.34. The average Bonchev–Trinajstić information content (AvgIpc) is 2.90. The van der Waals surface area contributed by atoms with Gasteiger partial charge in [0.25, 0.3) is 0 Å². The molecule has 0 amide bonds. The van der Waals surface area contributed by atoms with Crippen LogP contribution in [0.1, 0.15) is 39.7 Å². The maximum atomic E-state index is 11.3. The molecule has 0 spiro atoms. The van der Waals surface area contributed by atoms with Crippen LogP contribution >= 0.6 is 11.3 Å². The number of aryl methyl sites for hydroxylation is 1. The number of hydrogen-bond acceptors (Lipinski definition) is 5. The lowest BCUT2D eigenvalue weighted by Crippen LogP contribution is -2.18. The molecule has 0 radical (unpaired) electrons.